The van der Waals surface area contributed by atoms with E-state index in [0.29, 0.717) is 6.54 Å². The average molecular weight is 266 g/mol. The number of aromatic carboxylic acids is 1. The molecule has 1 rings (SSSR count). The minimum absolute atomic E-state index is 0.0786. The van der Waals surface area contributed by atoms with Gasteiger partial charge in [0.2, 0.25) is 0 Å². The van der Waals surface area contributed by atoms with Crippen molar-refractivity contribution in [2.24, 2.45) is 0 Å². The van der Waals surface area contributed by atoms with Crippen molar-refractivity contribution in [1.82, 2.24) is 14.7 Å². The van der Waals surface area contributed by atoms with Crippen molar-refractivity contribution in [2.45, 2.75) is 12.7 Å². The minimum Gasteiger partial charge on any atom is -0.477 e. The zero-order valence-corrected chi connectivity index (χ0v) is 9.82. The number of nitrogens with zero attached hydrogens (tertiary/aromatic N) is 3. The van der Waals surface area contributed by atoms with E-state index in [-0.39, 0.29) is 6.54 Å². The molecule has 0 unspecified atom stereocenters. The fourth-order valence-electron chi connectivity index (χ4n) is 1.35. The highest BCUT2D eigenvalue weighted by atomic mass is 19.4. The van der Waals surface area contributed by atoms with Gasteiger partial charge in [0.1, 0.15) is 11.4 Å². The van der Waals surface area contributed by atoms with Crippen molar-refractivity contribution in [3.05, 3.63) is 11.3 Å². The number of anilines is 1. The van der Waals surface area contributed by atoms with Crippen LogP contribution in [0.1, 0.15) is 16.1 Å². The van der Waals surface area contributed by atoms with Crippen LogP contribution in [0.4, 0.5) is 19.0 Å². The lowest BCUT2D eigenvalue weighted by molar-refractivity contribution is -0.142. The second-order valence-electron chi connectivity index (χ2n) is 3.94. The lowest BCUT2D eigenvalue weighted by atomic mass is 10.2. The number of likely N-dealkylation sites (N-methyl/N-ethyl adjacent to an activating group) is 1. The number of halogens is 3. The van der Waals surface area contributed by atoms with Gasteiger partial charge in [-0.15, -0.1) is 0 Å². The van der Waals surface area contributed by atoms with Gasteiger partial charge in [0, 0.05) is 6.54 Å². The summed E-state index contributed by atoms with van der Waals surface area (Å²) < 4.78 is 38.6. The van der Waals surface area contributed by atoms with Gasteiger partial charge in [-0.2, -0.15) is 18.3 Å². The summed E-state index contributed by atoms with van der Waals surface area (Å²) >= 11 is 0. The molecule has 0 saturated heterocycles. The van der Waals surface area contributed by atoms with Gasteiger partial charge >= 0.3 is 12.1 Å². The lowest BCUT2D eigenvalue weighted by Crippen LogP contribution is -2.20. The molecule has 0 atom stereocenters. The first kappa shape index (κ1) is 14.3. The molecule has 9 heteroatoms. The van der Waals surface area contributed by atoms with Crippen molar-refractivity contribution < 1.29 is 23.1 Å². The molecule has 18 heavy (non-hydrogen) atoms. The molecule has 3 N–H and O–H groups in total. The van der Waals surface area contributed by atoms with E-state index in [1.54, 1.807) is 19.0 Å². The molecule has 0 radical (unpaired) electrons. The zero-order valence-electron chi connectivity index (χ0n) is 9.82. The van der Waals surface area contributed by atoms with Crippen LogP contribution < -0.4 is 5.73 Å². The van der Waals surface area contributed by atoms with Crippen molar-refractivity contribution >= 4 is 11.8 Å². The van der Waals surface area contributed by atoms with Crippen molar-refractivity contribution in [2.75, 3.05) is 26.4 Å². The number of carboxylic acids is 1. The normalized spacial score (nSPS) is 12.1. The van der Waals surface area contributed by atoms with Gasteiger partial charge in [0.15, 0.2) is 5.69 Å². The highest BCUT2D eigenvalue weighted by molar-refractivity contribution is 5.94. The van der Waals surface area contributed by atoms with Crippen molar-refractivity contribution in [1.29, 1.82) is 0 Å². The molecule has 1 heterocycles. The van der Waals surface area contributed by atoms with E-state index in [1.807, 2.05) is 0 Å². The molecule has 1 aromatic rings. The van der Waals surface area contributed by atoms with Gasteiger partial charge in [-0.3, -0.25) is 0 Å². The van der Waals surface area contributed by atoms with E-state index < -0.39 is 29.2 Å². The molecule has 0 fully saturated rings. The molecule has 0 aromatic carbocycles. The predicted molar refractivity (Wildman–Crippen MR) is 57.2 cm³/mol. The number of nitrogen functional groups attached to an aromatic ring is 1. The van der Waals surface area contributed by atoms with Gasteiger partial charge in [-0.1, -0.05) is 0 Å². The monoisotopic (exact) mass is 266 g/mol. The molecule has 0 aliphatic carbocycles. The summed E-state index contributed by atoms with van der Waals surface area (Å²) in [7, 11) is 3.45. The van der Waals surface area contributed by atoms with E-state index in [2.05, 4.69) is 5.10 Å². The van der Waals surface area contributed by atoms with Gasteiger partial charge in [0.25, 0.3) is 0 Å². The standard InChI is InChI=1S/C9H13F3N4O2/c1-15(2)3-4-16-7(13)5(8(17)18)6(14-16)9(10,11)12/h3-4,13H2,1-2H3,(H,17,18). The molecule has 0 bridgehead atoms. The molecular weight excluding hydrogens is 253 g/mol. The fraction of sp³-hybridized carbons (Fsp3) is 0.556. The number of alkyl halides is 3. The van der Waals surface area contributed by atoms with Crippen LogP contribution in [0.3, 0.4) is 0 Å². The smallest absolute Gasteiger partial charge is 0.436 e. The number of carboxylic acid groups (broad SMARTS) is 1. The van der Waals surface area contributed by atoms with E-state index >= 15 is 0 Å². The number of hydrogen-bond donors (Lipinski definition) is 2. The van der Waals surface area contributed by atoms with Crippen molar-refractivity contribution in [3.8, 4) is 0 Å². The van der Waals surface area contributed by atoms with Crippen LogP contribution in [0.2, 0.25) is 0 Å². The lowest BCUT2D eigenvalue weighted by Gasteiger charge is -2.10. The summed E-state index contributed by atoms with van der Waals surface area (Å²) in [5.41, 5.74) is 2.92. The molecule has 1 aromatic heterocycles. The number of hydrogen-bond acceptors (Lipinski definition) is 4. The summed E-state index contributed by atoms with van der Waals surface area (Å²) in [4.78, 5) is 12.5. The Kier molecular flexibility index (Phi) is 3.85. The van der Waals surface area contributed by atoms with E-state index in [9.17, 15) is 18.0 Å². The van der Waals surface area contributed by atoms with Gasteiger partial charge in [-0.05, 0) is 14.1 Å². The molecule has 0 amide bonds. The van der Waals surface area contributed by atoms with Crippen LogP contribution in [-0.4, -0.2) is 46.4 Å². The Bertz CT molecular complexity index is 453. The van der Waals surface area contributed by atoms with Crippen LogP contribution >= 0.6 is 0 Å². The summed E-state index contributed by atoms with van der Waals surface area (Å²) in [6, 6.07) is 0. The maximum Gasteiger partial charge on any atom is 0.436 e. The molecular formula is C9H13F3N4O2. The third-order valence-corrected chi connectivity index (χ3v) is 2.23. The first-order valence-corrected chi connectivity index (χ1v) is 4.96. The molecule has 0 spiro atoms. The van der Waals surface area contributed by atoms with E-state index in [4.69, 9.17) is 10.8 Å². The molecule has 0 aliphatic heterocycles. The van der Waals surface area contributed by atoms with Gasteiger partial charge < -0.3 is 15.7 Å². The Hall–Kier alpha value is -1.77. The zero-order chi connectivity index (χ0) is 14.1. The van der Waals surface area contributed by atoms with Crippen LogP contribution in [0.5, 0.6) is 0 Å². The van der Waals surface area contributed by atoms with E-state index in [0.717, 1.165) is 4.68 Å². The summed E-state index contributed by atoms with van der Waals surface area (Å²) in [6.45, 7) is 0.470. The number of carbonyl (C=O) groups is 1. The molecule has 102 valence electrons. The van der Waals surface area contributed by atoms with Crippen LogP contribution in [0.25, 0.3) is 0 Å². The number of nitrogens with two attached hydrogens (primary N) is 1. The average Bonchev–Trinajstić information content (AvgIpc) is 2.52. The Balaban J connectivity index is 3.20. The predicted octanol–water partition coefficient (Wildman–Crippen LogP) is 0.744. The van der Waals surface area contributed by atoms with Crippen LogP contribution in [0.15, 0.2) is 0 Å². The van der Waals surface area contributed by atoms with E-state index in [1.165, 1.54) is 0 Å². The summed E-state index contributed by atoms with van der Waals surface area (Å²) in [6.07, 6.45) is -4.84. The molecule has 0 aliphatic rings. The Morgan fingerprint density at radius 3 is 2.39 bits per heavy atom. The SMILES string of the molecule is CN(C)CCn1nc(C(F)(F)F)c(C(=O)O)c1N. The third kappa shape index (κ3) is 2.92. The number of rotatable bonds is 4. The third-order valence-electron chi connectivity index (χ3n) is 2.23. The summed E-state index contributed by atoms with van der Waals surface area (Å²) in [5.74, 6) is -2.23. The second kappa shape index (κ2) is 4.84. The maximum atomic E-state index is 12.6. The Morgan fingerprint density at radius 2 is 2.06 bits per heavy atom. The van der Waals surface area contributed by atoms with Crippen LogP contribution in [0, 0.1) is 0 Å². The maximum absolute atomic E-state index is 12.6. The number of aromatic nitrogens is 2. The van der Waals surface area contributed by atoms with Crippen molar-refractivity contribution in [3.63, 3.8) is 0 Å². The summed E-state index contributed by atoms with van der Waals surface area (Å²) in [5, 5.41) is 12.0. The Labute approximate surface area is 101 Å². The quantitative estimate of drug-likeness (QED) is 0.839. The van der Waals surface area contributed by atoms with Crippen LogP contribution in [-0.2, 0) is 12.7 Å². The highest BCUT2D eigenvalue weighted by Gasteiger charge is 2.41. The van der Waals surface area contributed by atoms with Gasteiger partial charge in [-0.25, -0.2) is 9.48 Å². The first-order chi connectivity index (χ1) is 8.14. The molecule has 0 saturated carbocycles. The largest absolute Gasteiger partial charge is 0.477 e. The highest BCUT2D eigenvalue weighted by Crippen LogP contribution is 2.33. The fourth-order valence-corrected chi connectivity index (χ4v) is 1.35. The topological polar surface area (TPSA) is 84.4 Å². The van der Waals surface area contributed by atoms with Gasteiger partial charge in [0.05, 0.1) is 6.54 Å². The first-order valence-electron chi connectivity index (χ1n) is 4.96. The molecule has 6 nitrogen and oxygen atoms in total. The second-order valence-corrected chi connectivity index (χ2v) is 3.94. The Morgan fingerprint density at radius 1 is 1.50 bits per heavy atom. The minimum atomic E-state index is -4.84.